The summed E-state index contributed by atoms with van der Waals surface area (Å²) in [4.78, 5) is 0. The molecule has 5 aromatic rings. The summed E-state index contributed by atoms with van der Waals surface area (Å²) < 4.78 is 8.81. The molecule has 0 aliphatic heterocycles. The van der Waals surface area contributed by atoms with Crippen LogP contribution in [-0.4, -0.2) is 4.57 Å². The van der Waals surface area contributed by atoms with Crippen LogP contribution >= 0.6 is 23.2 Å². The normalized spacial score (nSPS) is 11.6. The van der Waals surface area contributed by atoms with Crippen molar-refractivity contribution < 1.29 is 13.7 Å². The van der Waals surface area contributed by atoms with Crippen LogP contribution in [0.25, 0.3) is 0 Å². The Bertz CT molecular complexity index is 1460. The molecule has 0 bridgehead atoms. The Labute approximate surface area is 249 Å². The molecule has 2 aromatic carbocycles. The highest BCUT2D eigenvalue weighted by Crippen LogP contribution is 2.20. The van der Waals surface area contributed by atoms with Gasteiger partial charge in [-0.2, -0.15) is 20.5 Å². The third-order valence-electron chi connectivity index (χ3n) is 6.37. The Kier molecular flexibility index (Phi) is 9.92. The molecule has 8 nitrogen and oxygen atoms in total. The fourth-order valence-electron chi connectivity index (χ4n) is 4.15. The van der Waals surface area contributed by atoms with E-state index in [0.29, 0.717) is 10.0 Å². The van der Waals surface area contributed by atoms with E-state index >= 15 is 0 Å². The van der Waals surface area contributed by atoms with Gasteiger partial charge in [-0.3, -0.25) is 0 Å². The molecule has 0 saturated carbocycles. The molecule has 3 aromatic heterocycles. The molecule has 0 radical (unpaired) electrons. The molecular weight excluding hydrogens is 555 g/mol. The van der Waals surface area contributed by atoms with Crippen molar-refractivity contribution in [1.82, 2.24) is 4.57 Å². The highest BCUT2D eigenvalue weighted by atomic mass is 35.5. The van der Waals surface area contributed by atoms with Gasteiger partial charge in [0.05, 0.1) is 35.8 Å². The second kappa shape index (κ2) is 14.4. The van der Waals surface area contributed by atoms with E-state index in [9.17, 15) is 0 Å². The topological polar surface area (TPSA) is 66.0 Å². The van der Waals surface area contributed by atoms with E-state index < -0.39 is 0 Å². The number of nitrogens with zero attached hydrogens (tertiary/aromatic N) is 8. The molecule has 3 heterocycles. The van der Waals surface area contributed by atoms with Crippen molar-refractivity contribution in [2.45, 2.75) is 39.0 Å². The van der Waals surface area contributed by atoms with Crippen LogP contribution in [-0.2, 0) is 26.2 Å². The van der Waals surface area contributed by atoms with Crippen molar-refractivity contribution in [2.24, 2.45) is 20.5 Å². The fraction of sp³-hybridized carbons (Fsp3) is 0.194. The van der Waals surface area contributed by atoms with Gasteiger partial charge in [-0.05, 0) is 48.5 Å². The smallest absolute Gasteiger partial charge is 0.237 e. The van der Waals surface area contributed by atoms with E-state index in [-0.39, 0.29) is 0 Å². The van der Waals surface area contributed by atoms with Crippen molar-refractivity contribution in [3.63, 3.8) is 0 Å². The lowest BCUT2D eigenvalue weighted by atomic mass is 10.3. The van der Waals surface area contributed by atoms with Crippen LogP contribution in [0.1, 0.15) is 12.8 Å². The molecular formula is C31H31Cl2N8+3. The van der Waals surface area contributed by atoms with Crippen LogP contribution in [0.2, 0.25) is 10.0 Å². The molecule has 0 spiro atoms. The van der Waals surface area contributed by atoms with Crippen molar-refractivity contribution in [3.8, 4) is 0 Å². The van der Waals surface area contributed by atoms with E-state index in [2.05, 4.69) is 57.4 Å². The third-order valence-corrected chi connectivity index (χ3v) is 6.88. The van der Waals surface area contributed by atoms with Crippen LogP contribution in [0.3, 0.4) is 0 Å². The number of rotatable bonds is 12. The lowest BCUT2D eigenvalue weighted by Gasteiger charge is -1.98. The standard InChI is InChI=1S/C31H31Cl2N8/c32-26-3-7-28(8-4-26)34-36-30-11-19-38(20-12-30)15-1-17-40-23-24-41(25-40)18-2-16-39-21-13-31(14-22-39)37-35-29-9-5-27(33)6-10-29/h3-14,19-25H,1-2,15-18H2/q+3. The van der Waals surface area contributed by atoms with Crippen LogP contribution in [0.15, 0.2) is 137 Å². The number of imidazole rings is 1. The van der Waals surface area contributed by atoms with Gasteiger partial charge >= 0.3 is 0 Å². The first-order valence-corrected chi connectivity index (χ1v) is 14.2. The predicted molar refractivity (Wildman–Crippen MR) is 158 cm³/mol. The fourth-order valence-corrected chi connectivity index (χ4v) is 4.40. The van der Waals surface area contributed by atoms with Gasteiger partial charge in [0.2, 0.25) is 6.33 Å². The maximum absolute atomic E-state index is 5.91. The highest BCUT2D eigenvalue weighted by molar-refractivity contribution is 6.30. The first-order chi connectivity index (χ1) is 20.1. The van der Waals surface area contributed by atoms with Crippen molar-refractivity contribution >= 4 is 46.0 Å². The number of pyridine rings is 2. The van der Waals surface area contributed by atoms with Gasteiger partial charge in [-0.15, -0.1) is 0 Å². The molecule has 0 atom stereocenters. The number of hydrogen-bond acceptors (Lipinski definition) is 4. The van der Waals surface area contributed by atoms with Gasteiger partial charge in [0.15, 0.2) is 37.9 Å². The van der Waals surface area contributed by atoms with E-state index in [1.54, 1.807) is 24.3 Å². The number of aryl methyl sites for hydroxylation is 4. The monoisotopic (exact) mass is 585 g/mol. The summed E-state index contributed by atoms with van der Waals surface area (Å²) in [6, 6.07) is 22.5. The van der Waals surface area contributed by atoms with Gasteiger partial charge in [0, 0.05) is 47.2 Å². The van der Waals surface area contributed by atoms with E-state index in [1.807, 2.05) is 73.3 Å². The Balaban J connectivity index is 1.01. The quantitative estimate of drug-likeness (QED) is 0.106. The summed E-state index contributed by atoms with van der Waals surface area (Å²) >= 11 is 11.8. The van der Waals surface area contributed by atoms with Gasteiger partial charge in [0.1, 0.15) is 12.4 Å². The van der Waals surface area contributed by atoms with Gasteiger partial charge in [0.25, 0.3) is 0 Å². The Hall–Kier alpha value is -4.27. The van der Waals surface area contributed by atoms with Crippen LogP contribution in [0.5, 0.6) is 0 Å². The summed E-state index contributed by atoms with van der Waals surface area (Å²) in [5.74, 6) is 0. The lowest BCUT2D eigenvalue weighted by Crippen LogP contribution is -2.37. The number of azo groups is 2. The Morgan fingerprint density at radius 3 is 1.39 bits per heavy atom. The minimum absolute atomic E-state index is 0.688. The average molecular weight is 587 g/mol. The lowest BCUT2D eigenvalue weighted by molar-refractivity contribution is -0.726. The van der Waals surface area contributed by atoms with E-state index in [4.69, 9.17) is 23.2 Å². The molecule has 206 valence electrons. The second-order valence-corrected chi connectivity index (χ2v) is 10.4. The maximum Gasteiger partial charge on any atom is 0.243 e. The van der Waals surface area contributed by atoms with Crippen LogP contribution in [0, 0.1) is 0 Å². The van der Waals surface area contributed by atoms with E-state index in [0.717, 1.165) is 61.8 Å². The molecule has 0 saturated heterocycles. The molecule has 0 aliphatic rings. The first kappa shape index (κ1) is 28.3. The number of halogens is 2. The summed E-state index contributed by atoms with van der Waals surface area (Å²) in [7, 11) is 0. The van der Waals surface area contributed by atoms with Gasteiger partial charge in [-0.25, -0.2) is 18.3 Å². The van der Waals surface area contributed by atoms with Crippen LogP contribution in [0.4, 0.5) is 22.7 Å². The highest BCUT2D eigenvalue weighted by Gasteiger charge is 2.08. The van der Waals surface area contributed by atoms with E-state index in [1.165, 1.54) is 0 Å². The van der Waals surface area contributed by atoms with Crippen LogP contribution < -0.4 is 13.7 Å². The Morgan fingerprint density at radius 2 is 0.902 bits per heavy atom. The third kappa shape index (κ3) is 9.13. The zero-order valence-corrected chi connectivity index (χ0v) is 24.1. The molecule has 0 unspecified atom stereocenters. The molecule has 0 amide bonds. The summed E-state index contributed by atoms with van der Waals surface area (Å²) in [6.07, 6.45) is 16.7. The molecule has 41 heavy (non-hydrogen) atoms. The molecule has 10 heteroatoms. The number of hydrogen-bond donors (Lipinski definition) is 0. The van der Waals surface area contributed by atoms with Gasteiger partial charge in [-0.1, -0.05) is 23.2 Å². The zero-order chi connectivity index (χ0) is 28.3. The second-order valence-electron chi connectivity index (χ2n) is 9.54. The number of benzene rings is 2. The maximum atomic E-state index is 5.91. The molecule has 0 aliphatic carbocycles. The molecule has 0 N–H and O–H groups in total. The summed E-state index contributed by atoms with van der Waals surface area (Å²) in [5.41, 5.74) is 3.18. The van der Waals surface area contributed by atoms with Crippen molar-refractivity contribution in [3.05, 3.63) is 126 Å². The molecule has 5 rings (SSSR count). The first-order valence-electron chi connectivity index (χ1n) is 13.5. The number of aromatic nitrogens is 4. The SMILES string of the molecule is Clc1ccc(/N=N\c2cc[n+](CCCn3cc[n+](CCC[n+]4ccc(/N=N\c5ccc(Cl)cc5)cc4)c3)cc2)cc1. The minimum atomic E-state index is 0.688. The minimum Gasteiger partial charge on any atom is -0.237 e. The molecule has 0 fully saturated rings. The van der Waals surface area contributed by atoms with Gasteiger partial charge < -0.3 is 0 Å². The van der Waals surface area contributed by atoms with Crippen molar-refractivity contribution in [1.29, 1.82) is 0 Å². The zero-order valence-electron chi connectivity index (χ0n) is 22.5. The Morgan fingerprint density at radius 1 is 0.488 bits per heavy atom. The predicted octanol–water partition coefficient (Wildman–Crippen LogP) is 7.67. The van der Waals surface area contributed by atoms with Crippen molar-refractivity contribution in [2.75, 3.05) is 0 Å². The average Bonchev–Trinajstić information content (AvgIpc) is 3.45. The largest absolute Gasteiger partial charge is 0.243 e. The summed E-state index contributed by atoms with van der Waals surface area (Å²) in [6.45, 7) is 3.77. The summed E-state index contributed by atoms with van der Waals surface area (Å²) in [5, 5.41) is 18.5.